The van der Waals surface area contributed by atoms with E-state index in [-0.39, 0.29) is 16.6 Å². The van der Waals surface area contributed by atoms with Crippen LogP contribution in [0.2, 0.25) is 0 Å². The lowest BCUT2D eigenvalue weighted by Crippen LogP contribution is -2.10. The van der Waals surface area contributed by atoms with Gasteiger partial charge in [-0.15, -0.1) is 0 Å². The summed E-state index contributed by atoms with van der Waals surface area (Å²) in [5, 5.41) is 12.0. The second-order valence-electron chi connectivity index (χ2n) is 5.73. The number of carboxylic acids is 1. The second-order valence-corrected chi connectivity index (χ2v) is 5.73. The fraction of sp³-hybridized carbons (Fsp3) is 0.0500. The smallest absolute Gasteiger partial charge is 0.335 e. The van der Waals surface area contributed by atoms with Crippen molar-refractivity contribution in [2.45, 2.75) is 6.92 Å². The van der Waals surface area contributed by atoms with Gasteiger partial charge in [0.1, 0.15) is 11.8 Å². The number of carboxylic acid groups (broad SMARTS) is 1. The van der Waals surface area contributed by atoms with Gasteiger partial charge in [0, 0.05) is 11.8 Å². The predicted octanol–water partition coefficient (Wildman–Crippen LogP) is 3.45. The Balaban J connectivity index is 1.81. The highest BCUT2D eigenvalue weighted by Gasteiger charge is 2.07. The van der Waals surface area contributed by atoms with Crippen molar-refractivity contribution >= 4 is 34.6 Å². The summed E-state index contributed by atoms with van der Waals surface area (Å²) in [5.74, 6) is -1.57. The van der Waals surface area contributed by atoms with Crippen molar-refractivity contribution in [3.63, 3.8) is 0 Å². The van der Waals surface area contributed by atoms with Crippen molar-refractivity contribution in [3.8, 4) is 0 Å². The summed E-state index contributed by atoms with van der Waals surface area (Å²) < 4.78 is 5.42. The Bertz CT molecular complexity index is 1090. The molecule has 0 saturated heterocycles. The van der Waals surface area contributed by atoms with E-state index in [4.69, 9.17) is 9.52 Å². The highest BCUT2D eigenvalue weighted by atomic mass is 16.4. The molecule has 0 spiro atoms. The maximum absolute atomic E-state index is 12.5. The Morgan fingerprint density at radius 2 is 1.96 bits per heavy atom. The standard InChI is InChI=1S/C20H15NO5/c1-12-5-7-17-16(9-12)19(23)14(11-26-17)6-8-18(22)21-15-4-2-3-13(10-15)20(24)25/h2-11H,1H3,(H,21,22)(H,24,25)/b8-6+. The van der Waals surface area contributed by atoms with E-state index in [1.165, 1.54) is 36.6 Å². The first kappa shape index (κ1) is 17.2. The average Bonchev–Trinajstić information content (AvgIpc) is 2.62. The number of anilines is 1. The molecule has 0 radical (unpaired) electrons. The van der Waals surface area contributed by atoms with Gasteiger partial charge in [-0.3, -0.25) is 9.59 Å². The van der Waals surface area contributed by atoms with Crippen molar-refractivity contribution in [1.82, 2.24) is 0 Å². The molecule has 0 bridgehead atoms. The molecule has 3 rings (SSSR count). The van der Waals surface area contributed by atoms with E-state index >= 15 is 0 Å². The maximum Gasteiger partial charge on any atom is 0.335 e. The highest BCUT2D eigenvalue weighted by Crippen LogP contribution is 2.14. The highest BCUT2D eigenvalue weighted by molar-refractivity contribution is 6.02. The molecule has 0 aliphatic heterocycles. The summed E-state index contributed by atoms with van der Waals surface area (Å²) in [5.41, 5.74) is 1.84. The number of rotatable bonds is 4. The Morgan fingerprint density at radius 1 is 1.15 bits per heavy atom. The monoisotopic (exact) mass is 349 g/mol. The van der Waals surface area contributed by atoms with Gasteiger partial charge in [0.15, 0.2) is 5.43 Å². The lowest BCUT2D eigenvalue weighted by Gasteiger charge is -2.03. The molecule has 1 aromatic heterocycles. The molecule has 0 fully saturated rings. The lowest BCUT2D eigenvalue weighted by molar-refractivity contribution is -0.111. The number of aromatic carboxylic acids is 1. The van der Waals surface area contributed by atoms with E-state index in [0.717, 1.165) is 5.56 Å². The number of nitrogens with one attached hydrogen (secondary N) is 1. The van der Waals surface area contributed by atoms with Crippen LogP contribution in [0.5, 0.6) is 0 Å². The third-order valence-electron chi connectivity index (χ3n) is 3.75. The summed E-state index contributed by atoms with van der Waals surface area (Å²) in [7, 11) is 0. The maximum atomic E-state index is 12.5. The van der Waals surface area contributed by atoms with Gasteiger partial charge in [-0.25, -0.2) is 4.79 Å². The number of amides is 1. The Morgan fingerprint density at radius 3 is 2.73 bits per heavy atom. The van der Waals surface area contributed by atoms with Gasteiger partial charge in [-0.05, 0) is 43.3 Å². The van der Waals surface area contributed by atoms with Crippen molar-refractivity contribution in [3.05, 3.63) is 81.7 Å². The summed E-state index contributed by atoms with van der Waals surface area (Å²) in [6.07, 6.45) is 3.86. The minimum absolute atomic E-state index is 0.0670. The number of carbonyl (C=O) groups is 2. The zero-order chi connectivity index (χ0) is 18.7. The molecule has 0 unspecified atom stereocenters. The average molecular weight is 349 g/mol. The molecular formula is C20H15NO5. The topological polar surface area (TPSA) is 96.6 Å². The molecule has 1 heterocycles. The number of aryl methyl sites for hydroxylation is 1. The van der Waals surface area contributed by atoms with E-state index in [1.807, 2.05) is 13.0 Å². The van der Waals surface area contributed by atoms with Crippen molar-refractivity contribution in [1.29, 1.82) is 0 Å². The lowest BCUT2D eigenvalue weighted by atomic mass is 10.1. The van der Waals surface area contributed by atoms with Crippen LogP contribution < -0.4 is 10.7 Å². The Kier molecular flexibility index (Phi) is 4.66. The molecule has 0 atom stereocenters. The summed E-state index contributed by atoms with van der Waals surface area (Å²) in [4.78, 5) is 35.4. The van der Waals surface area contributed by atoms with E-state index in [9.17, 15) is 14.4 Å². The van der Waals surface area contributed by atoms with Gasteiger partial charge >= 0.3 is 5.97 Å². The summed E-state index contributed by atoms with van der Waals surface area (Å²) in [6, 6.07) is 11.2. The molecule has 0 aliphatic rings. The normalized spacial score (nSPS) is 11.0. The third kappa shape index (κ3) is 3.70. The van der Waals surface area contributed by atoms with Crippen LogP contribution in [-0.2, 0) is 4.79 Å². The first-order valence-corrected chi connectivity index (χ1v) is 7.78. The first-order chi connectivity index (χ1) is 12.4. The van der Waals surface area contributed by atoms with E-state index in [0.29, 0.717) is 16.7 Å². The molecule has 6 heteroatoms. The van der Waals surface area contributed by atoms with Crippen LogP contribution in [-0.4, -0.2) is 17.0 Å². The van der Waals surface area contributed by atoms with Crippen molar-refractivity contribution in [2.24, 2.45) is 0 Å². The van der Waals surface area contributed by atoms with E-state index in [2.05, 4.69) is 5.32 Å². The molecule has 0 saturated carbocycles. The zero-order valence-electron chi connectivity index (χ0n) is 13.9. The van der Waals surface area contributed by atoms with Crippen molar-refractivity contribution < 1.29 is 19.1 Å². The van der Waals surface area contributed by atoms with Gasteiger partial charge in [0.25, 0.3) is 0 Å². The molecular weight excluding hydrogens is 334 g/mol. The minimum atomic E-state index is -1.08. The van der Waals surface area contributed by atoms with Crippen LogP contribution in [0.3, 0.4) is 0 Å². The Hall–Kier alpha value is -3.67. The van der Waals surface area contributed by atoms with Gasteiger partial charge in [0.05, 0.1) is 16.5 Å². The molecule has 1 amide bonds. The largest absolute Gasteiger partial charge is 0.478 e. The fourth-order valence-electron chi connectivity index (χ4n) is 2.45. The van der Waals surface area contributed by atoms with Crippen LogP contribution in [0.15, 0.2) is 64.0 Å². The quantitative estimate of drug-likeness (QED) is 0.703. The van der Waals surface area contributed by atoms with Crippen LogP contribution >= 0.6 is 0 Å². The first-order valence-electron chi connectivity index (χ1n) is 7.78. The van der Waals surface area contributed by atoms with Gasteiger partial charge < -0.3 is 14.8 Å². The van der Waals surface area contributed by atoms with Crippen LogP contribution in [0.25, 0.3) is 17.0 Å². The predicted molar refractivity (Wildman–Crippen MR) is 98.3 cm³/mol. The van der Waals surface area contributed by atoms with E-state index < -0.39 is 11.9 Å². The van der Waals surface area contributed by atoms with Gasteiger partial charge in [-0.2, -0.15) is 0 Å². The second kappa shape index (κ2) is 7.06. The van der Waals surface area contributed by atoms with Crippen LogP contribution in [0.1, 0.15) is 21.5 Å². The third-order valence-corrected chi connectivity index (χ3v) is 3.75. The number of hydrogen-bond donors (Lipinski definition) is 2. The number of fused-ring (bicyclic) bond motifs is 1. The molecule has 2 aromatic carbocycles. The van der Waals surface area contributed by atoms with Crippen molar-refractivity contribution in [2.75, 3.05) is 5.32 Å². The Labute approximate surface area is 148 Å². The summed E-state index contributed by atoms with van der Waals surface area (Å²) in [6.45, 7) is 1.88. The molecule has 3 aromatic rings. The number of carbonyl (C=O) groups excluding carboxylic acids is 1. The number of hydrogen-bond acceptors (Lipinski definition) is 4. The van der Waals surface area contributed by atoms with Crippen LogP contribution in [0.4, 0.5) is 5.69 Å². The summed E-state index contributed by atoms with van der Waals surface area (Å²) >= 11 is 0. The number of benzene rings is 2. The van der Waals surface area contributed by atoms with Gasteiger partial charge in [-0.1, -0.05) is 17.7 Å². The SMILES string of the molecule is Cc1ccc2occ(/C=C/C(=O)Nc3cccc(C(=O)O)c3)c(=O)c2c1. The molecule has 26 heavy (non-hydrogen) atoms. The van der Waals surface area contributed by atoms with Gasteiger partial charge in [0.2, 0.25) is 5.91 Å². The fourth-order valence-corrected chi connectivity index (χ4v) is 2.45. The zero-order valence-corrected chi connectivity index (χ0v) is 13.9. The van der Waals surface area contributed by atoms with Crippen LogP contribution in [0, 0.1) is 6.92 Å². The van der Waals surface area contributed by atoms with E-state index in [1.54, 1.807) is 18.2 Å². The molecule has 2 N–H and O–H groups in total. The molecule has 0 aliphatic carbocycles. The minimum Gasteiger partial charge on any atom is -0.478 e. The molecule has 6 nitrogen and oxygen atoms in total. The molecule has 130 valence electrons.